The molecule has 0 radical (unpaired) electrons. The molecule has 1 unspecified atom stereocenters. The number of aliphatic hydroxyl groups excluding tert-OH is 1. The van der Waals surface area contributed by atoms with Gasteiger partial charge in [-0.25, -0.2) is 0 Å². The molecule has 1 saturated heterocycles. The Morgan fingerprint density at radius 1 is 1.00 bits per heavy atom. The Bertz CT molecular complexity index is 1220. The van der Waals surface area contributed by atoms with Crippen LogP contribution in [0.1, 0.15) is 36.6 Å². The number of aliphatic hydroxyl groups is 1. The van der Waals surface area contributed by atoms with Crippen LogP contribution in [0, 0.1) is 0 Å². The van der Waals surface area contributed by atoms with Gasteiger partial charge in [0.15, 0.2) is 0 Å². The van der Waals surface area contributed by atoms with Crippen molar-refractivity contribution in [1.82, 2.24) is 14.8 Å². The molecule has 7 nitrogen and oxygen atoms in total. The van der Waals surface area contributed by atoms with E-state index in [1.807, 2.05) is 54.6 Å². The molecule has 4 rings (SSSR count). The molecule has 1 N–H and O–H groups in total. The zero-order chi connectivity index (χ0) is 25.5. The third kappa shape index (κ3) is 5.47. The summed E-state index contributed by atoms with van der Waals surface area (Å²) >= 11 is 0. The number of ether oxygens (including phenoxy) is 1. The summed E-state index contributed by atoms with van der Waals surface area (Å²) in [6.07, 6.45) is 3.08. The van der Waals surface area contributed by atoms with Crippen molar-refractivity contribution >= 4 is 17.4 Å². The number of aromatic nitrogens is 1. The van der Waals surface area contributed by atoms with Crippen molar-refractivity contribution in [2.45, 2.75) is 26.5 Å². The van der Waals surface area contributed by atoms with Crippen molar-refractivity contribution in [1.29, 1.82) is 0 Å². The first-order valence-corrected chi connectivity index (χ1v) is 12.2. The van der Waals surface area contributed by atoms with Crippen LogP contribution in [0.2, 0.25) is 0 Å². The molecule has 3 aromatic rings. The summed E-state index contributed by atoms with van der Waals surface area (Å²) in [6.45, 7) is 7.17. The van der Waals surface area contributed by atoms with E-state index in [1.165, 1.54) is 0 Å². The molecule has 0 saturated carbocycles. The molecule has 1 amide bonds. The Hall–Kier alpha value is -3.97. The minimum atomic E-state index is -0.728. The van der Waals surface area contributed by atoms with E-state index in [2.05, 4.69) is 23.7 Å². The summed E-state index contributed by atoms with van der Waals surface area (Å²) in [5, 5.41) is 11.2. The first-order chi connectivity index (χ1) is 17.5. The van der Waals surface area contributed by atoms with Gasteiger partial charge in [-0.15, -0.1) is 0 Å². The first kappa shape index (κ1) is 25.1. The fourth-order valence-electron chi connectivity index (χ4n) is 4.43. The van der Waals surface area contributed by atoms with E-state index in [1.54, 1.807) is 29.4 Å². The van der Waals surface area contributed by atoms with E-state index in [9.17, 15) is 14.7 Å². The topological polar surface area (TPSA) is 83.0 Å². The van der Waals surface area contributed by atoms with Gasteiger partial charge in [0.25, 0.3) is 11.7 Å². The van der Waals surface area contributed by atoms with Gasteiger partial charge < -0.3 is 19.6 Å². The highest BCUT2D eigenvalue weighted by Gasteiger charge is 2.46. The van der Waals surface area contributed by atoms with Gasteiger partial charge >= 0.3 is 0 Å². The van der Waals surface area contributed by atoms with Crippen LogP contribution in [-0.2, 0) is 16.2 Å². The Balaban J connectivity index is 1.71. The summed E-state index contributed by atoms with van der Waals surface area (Å²) in [5.41, 5.74) is 2.25. The molecule has 2 aromatic carbocycles. The molecule has 36 heavy (non-hydrogen) atoms. The van der Waals surface area contributed by atoms with Gasteiger partial charge in [0.05, 0.1) is 11.6 Å². The van der Waals surface area contributed by atoms with Crippen LogP contribution in [0.5, 0.6) is 5.75 Å². The number of amides is 1. The molecule has 0 spiro atoms. The van der Waals surface area contributed by atoms with Gasteiger partial charge in [-0.3, -0.25) is 14.6 Å². The Morgan fingerprint density at radius 2 is 1.72 bits per heavy atom. The van der Waals surface area contributed by atoms with E-state index in [0.717, 1.165) is 18.7 Å². The fraction of sp³-hybridized carbons (Fsp3) is 0.276. The number of hydrogen-bond acceptors (Lipinski definition) is 6. The number of pyridine rings is 1. The molecule has 0 bridgehead atoms. The molecule has 0 aliphatic carbocycles. The summed E-state index contributed by atoms with van der Waals surface area (Å²) in [5.74, 6) is -0.890. The van der Waals surface area contributed by atoms with Gasteiger partial charge in [-0.05, 0) is 48.5 Å². The number of likely N-dealkylation sites (tertiary alicyclic amines) is 1. The van der Waals surface area contributed by atoms with Crippen LogP contribution in [0.3, 0.4) is 0 Å². The zero-order valence-corrected chi connectivity index (χ0v) is 20.6. The van der Waals surface area contributed by atoms with Gasteiger partial charge in [-0.1, -0.05) is 56.3 Å². The standard InChI is InChI=1S/C29H31N3O4/c1-3-31(4-2)17-18-32-26(25(28(34)29(32)35)27(33)22-13-15-30-16-14-22)23-11-8-12-24(19-23)36-20-21-9-6-5-7-10-21/h5-16,19,26,33H,3-4,17-18,20H2,1-2H3. The third-order valence-electron chi connectivity index (χ3n) is 6.47. The molecule has 7 heteroatoms. The van der Waals surface area contributed by atoms with Crippen molar-refractivity contribution in [3.8, 4) is 5.75 Å². The number of benzene rings is 2. The van der Waals surface area contributed by atoms with Crippen LogP contribution in [-0.4, -0.2) is 57.8 Å². The summed E-state index contributed by atoms with van der Waals surface area (Å²) in [4.78, 5) is 34.2. The number of Topliss-reactive ketones (excluding diaryl/α,β-unsaturated/α-hetero) is 1. The SMILES string of the molecule is CCN(CC)CCN1C(=O)C(=O)C(=C(O)c2ccncc2)C1c1cccc(OCc2ccccc2)c1. The highest BCUT2D eigenvalue weighted by molar-refractivity contribution is 6.46. The van der Waals surface area contributed by atoms with Crippen LogP contribution in [0.4, 0.5) is 0 Å². The molecular weight excluding hydrogens is 454 g/mol. The van der Waals surface area contributed by atoms with E-state index >= 15 is 0 Å². The number of likely N-dealkylation sites (N-methyl/N-ethyl adjacent to an activating group) is 1. The minimum Gasteiger partial charge on any atom is -0.507 e. The lowest BCUT2D eigenvalue weighted by atomic mass is 9.95. The molecule has 1 aliphatic heterocycles. The van der Waals surface area contributed by atoms with Gasteiger partial charge in [0.2, 0.25) is 0 Å². The first-order valence-electron chi connectivity index (χ1n) is 12.2. The average molecular weight is 486 g/mol. The van der Waals surface area contributed by atoms with Crippen molar-refractivity contribution in [2.24, 2.45) is 0 Å². The number of rotatable bonds is 10. The van der Waals surface area contributed by atoms with Gasteiger partial charge in [0, 0.05) is 31.0 Å². The number of ketones is 1. The lowest BCUT2D eigenvalue weighted by Crippen LogP contribution is -2.38. The van der Waals surface area contributed by atoms with Crippen molar-refractivity contribution in [2.75, 3.05) is 26.2 Å². The molecule has 2 heterocycles. The maximum Gasteiger partial charge on any atom is 0.295 e. The van der Waals surface area contributed by atoms with Crippen LogP contribution in [0.15, 0.2) is 84.7 Å². The maximum absolute atomic E-state index is 13.2. The second-order valence-corrected chi connectivity index (χ2v) is 8.60. The molecule has 186 valence electrons. The van der Waals surface area contributed by atoms with E-state index in [4.69, 9.17) is 4.74 Å². The maximum atomic E-state index is 13.2. The summed E-state index contributed by atoms with van der Waals surface area (Å²) in [7, 11) is 0. The van der Waals surface area contributed by atoms with Crippen LogP contribution in [0.25, 0.3) is 5.76 Å². The highest BCUT2D eigenvalue weighted by Crippen LogP contribution is 2.40. The predicted molar refractivity (Wildman–Crippen MR) is 138 cm³/mol. The quantitative estimate of drug-likeness (QED) is 0.260. The number of carbonyl (C=O) groups is 2. The smallest absolute Gasteiger partial charge is 0.295 e. The monoisotopic (exact) mass is 485 g/mol. The Labute approximate surface area is 211 Å². The average Bonchev–Trinajstić information content (AvgIpc) is 3.18. The van der Waals surface area contributed by atoms with Crippen LogP contribution >= 0.6 is 0 Å². The van der Waals surface area contributed by atoms with Gasteiger partial charge in [0.1, 0.15) is 18.1 Å². The van der Waals surface area contributed by atoms with E-state index < -0.39 is 17.7 Å². The molecule has 1 atom stereocenters. The fourth-order valence-corrected chi connectivity index (χ4v) is 4.43. The molecule has 1 aromatic heterocycles. The lowest BCUT2D eigenvalue weighted by molar-refractivity contribution is -0.140. The van der Waals surface area contributed by atoms with Crippen LogP contribution < -0.4 is 4.74 Å². The lowest BCUT2D eigenvalue weighted by Gasteiger charge is -2.28. The molecule has 1 aliphatic rings. The Kier molecular flexibility index (Phi) is 8.13. The number of hydrogen-bond donors (Lipinski definition) is 1. The van der Waals surface area contributed by atoms with E-state index in [0.29, 0.717) is 36.6 Å². The second-order valence-electron chi connectivity index (χ2n) is 8.60. The van der Waals surface area contributed by atoms with E-state index in [-0.39, 0.29) is 11.3 Å². The van der Waals surface area contributed by atoms with Crippen molar-refractivity contribution in [3.05, 3.63) is 101 Å². The minimum absolute atomic E-state index is 0.0750. The number of nitrogens with zero attached hydrogens (tertiary/aromatic N) is 3. The summed E-state index contributed by atoms with van der Waals surface area (Å²) < 4.78 is 6.01. The van der Waals surface area contributed by atoms with Crippen molar-refractivity contribution < 1.29 is 19.4 Å². The summed E-state index contributed by atoms with van der Waals surface area (Å²) in [6, 6.07) is 19.7. The largest absolute Gasteiger partial charge is 0.507 e. The van der Waals surface area contributed by atoms with Gasteiger partial charge in [-0.2, -0.15) is 0 Å². The zero-order valence-electron chi connectivity index (χ0n) is 20.6. The third-order valence-corrected chi connectivity index (χ3v) is 6.47. The normalized spacial score (nSPS) is 17.1. The molecule has 1 fully saturated rings. The number of carbonyl (C=O) groups excluding carboxylic acids is 2. The van der Waals surface area contributed by atoms with Crippen molar-refractivity contribution in [3.63, 3.8) is 0 Å². The second kappa shape index (κ2) is 11.6. The molecular formula is C29H31N3O4. The highest BCUT2D eigenvalue weighted by atomic mass is 16.5. The predicted octanol–water partition coefficient (Wildman–Crippen LogP) is 4.42. The Morgan fingerprint density at radius 3 is 2.42 bits per heavy atom.